The summed E-state index contributed by atoms with van der Waals surface area (Å²) < 4.78 is 42.7. The Morgan fingerprint density at radius 2 is 1.92 bits per heavy atom. The third kappa shape index (κ3) is 3.69. The first kappa shape index (κ1) is 18.3. The summed E-state index contributed by atoms with van der Waals surface area (Å²) in [6.45, 7) is 0.299. The summed E-state index contributed by atoms with van der Waals surface area (Å²) >= 11 is 0. The van der Waals surface area contributed by atoms with Crippen molar-refractivity contribution < 1.29 is 32.6 Å². The normalized spacial score (nSPS) is 21.6. The van der Waals surface area contributed by atoms with E-state index in [-0.39, 0.29) is 18.7 Å². The van der Waals surface area contributed by atoms with Crippen molar-refractivity contribution in [2.24, 2.45) is 5.41 Å². The van der Waals surface area contributed by atoms with Crippen LogP contribution in [0.4, 0.5) is 13.2 Å². The van der Waals surface area contributed by atoms with E-state index in [2.05, 4.69) is 0 Å². The van der Waals surface area contributed by atoms with Crippen LogP contribution in [0.5, 0.6) is 0 Å². The molecule has 1 amide bonds. The number of piperidine rings is 1. The van der Waals surface area contributed by atoms with Crippen molar-refractivity contribution in [1.82, 2.24) is 4.90 Å². The van der Waals surface area contributed by atoms with Crippen molar-refractivity contribution in [1.29, 1.82) is 0 Å². The standard InChI is InChI=1S/C16H18F3NO4/c1-24-10-15(14(22)23)7-2-8-20(9-15)13(21)11-3-5-12(6-4-11)16(17,18)19/h3-6H,2,7-10H2,1H3,(H,22,23). The third-order valence-electron chi connectivity index (χ3n) is 4.20. The van der Waals surface area contributed by atoms with E-state index in [0.717, 1.165) is 24.3 Å². The number of carboxylic acid groups (broad SMARTS) is 1. The zero-order valence-corrected chi connectivity index (χ0v) is 13.1. The van der Waals surface area contributed by atoms with Gasteiger partial charge in [-0.2, -0.15) is 13.2 Å². The van der Waals surface area contributed by atoms with E-state index in [1.54, 1.807) is 0 Å². The number of likely N-dealkylation sites (tertiary alicyclic amines) is 1. The van der Waals surface area contributed by atoms with Crippen LogP contribution >= 0.6 is 0 Å². The van der Waals surface area contributed by atoms with Crippen LogP contribution < -0.4 is 0 Å². The fraction of sp³-hybridized carbons (Fsp3) is 0.500. The number of carboxylic acids is 1. The third-order valence-corrected chi connectivity index (χ3v) is 4.20. The molecule has 1 aromatic rings. The molecule has 0 aliphatic carbocycles. The highest BCUT2D eigenvalue weighted by atomic mass is 19.4. The monoisotopic (exact) mass is 345 g/mol. The zero-order valence-electron chi connectivity index (χ0n) is 13.1. The molecule has 0 spiro atoms. The van der Waals surface area contributed by atoms with Gasteiger partial charge in [0.1, 0.15) is 5.41 Å². The largest absolute Gasteiger partial charge is 0.481 e. The van der Waals surface area contributed by atoms with Crippen LogP contribution in [-0.2, 0) is 15.7 Å². The van der Waals surface area contributed by atoms with E-state index in [9.17, 15) is 27.9 Å². The molecule has 1 aromatic carbocycles. The lowest BCUT2D eigenvalue weighted by Crippen LogP contribution is -2.52. The molecule has 1 heterocycles. The molecule has 0 bridgehead atoms. The van der Waals surface area contributed by atoms with Crippen LogP contribution in [-0.4, -0.2) is 48.7 Å². The molecule has 24 heavy (non-hydrogen) atoms. The molecule has 1 saturated heterocycles. The van der Waals surface area contributed by atoms with Gasteiger partial charge in [-0.25, -0.2) is 0 Å². The second-order valence-corrected chi connectivity index (χ2v) is 5.92. The van der Waals surface area contributed by atoms with Crippen LogP contribution in [0.15, 0.2) is 24.3 Å². The second-order valence-electron chi connectivity index (χ2n) is 5.92. The van der Waals surface area contributed by atoms with Crippen LogP contribution in [0.1, 0.15) is 28.8 Å². The lowest BCUT2D eigenvalue weighted by Gasteiger charge is -2.39. The molecule has 8 heteroatoms. The van der Waals surface area contributed by atoms with Crippen molar-refractivity contribution in [3.8, 4) is 0 Å². The molecule has 1 aliphatic heterocycles. The molecule has 0 aromatic heterocycles. The lowest BCUT2D eigenvalue weighted by molar-refractivity contribution is -0.155. The second kappa shape index (κ2) is 6.80. The van der Waals surface area contributed by atoms with E-state index in [0.29, 0.717) is 19.4 Å². The Kier molecular flexibility index (Phi) is 5.17. The fourth-order valence-corrected chi connectivity index (χ4v) is 2.92. The number of methoxy groups -OCH3 is 1. The Labute approximate surface area is 137 Å². The molecule has 1 atom stereocenters. The lowest BCUT2D eigenvalue weighted by atomic mass is 9.80. The molecule has 1 aliphatic rings. The summed E-state index contributed by atoms with van der Waals surface area (Å²) in [6, 6.07) is 3.91. The summed E-state index contributed by atoms with van der Waals surface area (Å²) in [6.07, 6.45) is -3.60. The maximum Gasteiger partial charge on any atom is 0.416 e. The van der Waals surface area contributed by atoms with Gasteiger partial charge in [0.15, 0.2) is 0 Å². The van der Waals surface area contributed by atoms with Crippen molar-refractivity contribution in [2.75, 3.05) is 26.8 Å². The first-order valence-electron chi connectivity index (χ1n) is 7.38. The Morgan fingerprint density at radius 1 is 1.29 bits per heavy atom. The quantitative estimate of drug-likeness (QED) is 0.911. The molecular weight excluding hydrogens is 327 g/mol. The topological polar surface area (TPSA) is 66.8 Å². The highest BCUT2D eigenvalue weighted by Crippen LogP contribution is 2.32. The minimum atomic E-state index is -4.47. The molecule has 0 saturated carbocycles. The minimum absolute atomic E-state index is 0.0286. The van der Waals surface area contributed by atoms with E-state index in [1.165, 1.54) is 12.0 Å². The number of nitrogens with zero attached hydrogens (tertiary/aromatic N) is 1. The molecular formula is C16H18F3NO4. The Balaban J connectivity index is 2.18. The number of hydrogen-bond donors (Lipinski definition) is 1. The molecule has 1 unspecified atom stereocenters. The van der Waals surface area contributed by atoms with Gasteiger partial charge in [-0.3, -0.25) is 9.59 Å². The number of halogens is 3. The van der Waals surface area contributed by atoms with Gasteiger partial charge in [0.2, 0.25) is 0 Å². The van der Waals surface area contributed by atoms with Crippen LogP contribution in [0.3, 0.4) is 0 Å². The van der Waals surface area contributed by atoms with Gasteiger partial charge in [0.25, 0.3) is 5.91 Å². The number of ether oxygens (including phenoxy) is 1. The van der Waals surface area contributed by atoms with Gasteiger partial charge >= 0.3 is 12.1 Å². The van der Waals surface area contributed by atoms with E-state index in [1.807, 2.05) is 0 Å². The zero-order chi connectivity index (χ0) is 18.0. The molecule has 2 rings (SSSR count). The summed E-state index contributed by atoms with van der Waals surface area (Å²) in [5.41, 5.74) is -1.92. The molecule has 5 nitrogen and oxygen atoms in total. The van der Waals surface area contributed by atoms with Gasteiger partial charge in [-0.1, -0.05) is 0 Å². The van der Waals surface area contributed by atoms with E-state index < -0.39 is 29.0 Å². The number of carbonyl (C=O) groups excluding carboxylic acids is 1. The van der Waals surface area contributed by atoms with Crippen molar-refractivity contribution >= 4 is 11.9 Å². The van der Waals surface area contributed by atoms with Gasteiger partial charge < -0.3 is 14.7 Å². The predicted molar refractivity (Wildman–Crippen MR) is 78.5 cm³/mol. The molecule has 1 fully saturated rings. The number of hydrogen-bond acceptors (Lipinski definition) is 3. The highest BCUT2D eigenvalue weighted by Gasteiger charge is 2.44. The predicted octanol–water partition coefficient (Wildman–Crippen LogP) is 2.66. The van der Waals surface area contributed by atoms with E-state index >= 15 is 0 Å². The first-order chi connectivity index (χ1) is 11.2. The van der Waals surface area contributed by atoms with Gasteiger partial charge in [0, 0.05) is 25.8 Å². The summed E-state index contributed by atoms with van der Waals surface area (Å²) in [7, 11) is 1.39. The Morgan fingerprint density at radius 3 is 2.42 bits per heavy atom. The SMILES string of the molecule is COCC1(C(=O)O)CCCN(C(=O)c2ccc(C(F)(F)F)cc2)C1. The van der Waals surface area contributed by atoms with Crippen LogP contribution in [0.2, 0.25) is 0 Å². The Bertz CT molecular complexity index is 611. The fourth-order valence-electron chi connectivity index (χ4n) is 2.92. The smallest absolute Gasteiger partial charge is 0.416 e. The van der Waals surface area contributed by atoms with Gasteiger partial charge in [0.05, 0.1) is 12.2 Å². The molecule has 132 valence electrons. The molecule has 1 N–H and O–H groups in total. The number of rotatable bonds is 4. The summed E-state index contributed by atoms with van der Waals surface area (Å²) in [4.78, 5) is 25.4. The summed E-state index contributed by atoms with van der Waals surface area (Å²) in [5.74, 6) is -1.53. The van der Waals surface area contributed by atoms with Crippen LogP contribution in [0.25, 0.3) is 0 Å². The molecule has 0 radical (unpaired) electrons. The number of amides is 1. The maximum absolute atomic E-state index is 12.6. The first-order valence-corrected chi connectivity index (χ1v) is 7.38. The average Bonchev–Trinajstić information content (AvgIpc) is 2.54. The number of benzene rings is 1. The Hall–Kier alpha value is -2.09. The number of carbonyl (C=O) groups is 2. The average molecular weight is 345 g/mol. The number of alkyl halides is 3. The summed E-state index contributed by atoms with van der Waals surface area (Å²) in [5, 5.41) is 9.47. The van der Waals surface area contributed by atoms with Crippen molar-refractivity contribution in [3.63, 3.8) is 0 Å². The minimum Gasteiger partial charge on any atom is -0.481 e. The van der Waals surface area contributed by atoms with Crippen molar-refractivity contribution in [3.05, 3.63) is 35.4 Å². The number of aliphatic carboxylic acids is 1. The van der Waals surface area contributed by atoms with Gasteiger partial charge in [-0.15, -0.1) is 0 Å². The van der Waals surface area contributed by atoms with Crippen LogP contribution in [0, 0.1) is 5.41 Å². The van der Waals surface area contributed by atoms with E-state index in [4.69, 9.17) is 4.74 Å². The van der Waals surface area contributed by atoms with Gasteiger partial charge in [-0.05, 0) is 37.1 Å². The van der Waals surface area contributed by atoms with Crippen molar-refractivity contribution in [2.45, 2.75) is 19.0 Å². The highest BCUT2D eigenvalue weighted by molar-refractivity contribution is 5.94. The maximum atomic E-state index is 12.6.